The molecule has 0 bridgehead atoms. The zero-order chi connectivity index (χ0) is 19.2. The standard InChI is InChI=1S/C19H25NO6/c1-13(21)16(20-17(22)15-8-4-3-5-9-15)10-6-7-14-11-25-19(2,18(23)24)26-12-14/h3-5,8-9,14,16H,6-7,10-12H2,1-2H3,(H,20,22)(H,23,24). The molecule has 7 heteroatoms. The van der Waals surface area contributed by atoms with Gasteiger partial charge in [0.2, 0.25) is 0 Å². The quantitative estimate of drug-likeness (QED) is 0.732. The summed E-state index contributed by atoms with van der Waals surface area (Å²) in [6.45, 7) is 3.44. The summed E-state index contributed by atoms with van der Waals surface area (Å²) in [5, 5.41) is 11.8. The topological polar surface area (TPSA) is 102 Å². The third-order valence-corrected chi connectivity index (χ3v) is 4.51. The summed E-state index contributed by atoms with van der Waals surface area (Å²) in [4.78, 5) is 35.1. The molecule has 1 unspecified atom stereocenters. The normalized spacial score (nSPS) is 23.8. The predicted octanol–water partition coefficient (Wildman–Crippen LogP) is 2.01. The van der Waals surface area contributed by atoms with Gasteiger partial charge in [0.1, 0.15) is 0 Å². The second kappa shape index (κ2) is 8.91. The molecule has 0 radical (unpaired) electrons. The van der Waals surface area contributed by atoms with Gasteiger partial charge in [0.25, 0.3) is 11.7 Å². The average molecular weight is 363 g/mol. The van der Waals surface area contributed by atoms with Crippen LogP contribution in [-0.2, 0) is 19.1 Å². The molecule has 0 aliphatic carbocycles. The largest absolute Gasteiger partial charge is 0.477 e. The van der Waals surface area contributed by atoms with Crippen molar-refractivity contribution < 1.29 is 29.0 Å². The Hall–Kier alpha value is -2.25. The molecule has 142 valence electrons. The smallest absolute Gasteiger partial charge is 0.364 e. The highest BCUT2D eigenvalue weighted by atomic mass is 16.7. The molecule has 2 rings (SSSR count). The summed E-state index contributed by atoms with van der Waals surface area (Å²) in [5.41, 5.74) is 0.515. The summed E-state index contributed by atoms with van der Waals surface area (Å²) in [6, 6.07) is 8.21. The molecule has 1 aromatic carbocycles. The number of rotatable bonds is 8. The lowest BCUT2D eigenvalue weighted by Gasteiger charge is -2.34. The van der Waals surface area contributed by atoms with Crippen molar-refractivity contribution in [2.24, 2.45) is 5.92 Å². The van der Waals surface area contributed by atoms with Gasteiger partial charge in [-0.25, -0.2) is 4.79 Å². The van der Waals surface area contributed by atoms with E-state index in [4.69, 9.17) is 14.6 Å². The van der Waals surface area contributed by atoms with E-state index in [9.17, 15) is 14.4 Å². The molecule has 0 spiro atoms. The Balaban J connectivity index is 1.78. The SMILES string of the molecule is CC(=O)C(CCCC1COC(C)(C(=O)O)OC1)NC(=O)c1ccccc1. The summed E-state index contributed by atoms with van der Waals surface area (Å²) in [7, 11) is 0. The number of aliphatic carboxylic acids is 1. The van der Waals surface area contributed by atoms with Gasteiger partial charge in [0.15, 0.2) is 5.78 Å². The Morgan fingerprint density at radius 1 is 1.23 bits per heavy atom. The third kappa shape index (κ3) is 5.37. The number of ketones is 1. The minimum absolute atomic E-state index is 0.0693. The Morgan fingerprint density at radius 3 is 2.38 bits per heavy atom. The van der Waals surface area contributed by atoms with Crippen LogP contribution in [-0.4, -0.2) is 47.8 Å². The number of carboxylic acid groups (broad SMARTS) is 1. The van der Waals surface area contributed by atoms with Gasteiger partial charge in [0, 0.05) is 18.4 Å². The summed E-state index contributed by atoms with van der Waals surface area (Å²) in [5.74, 6) is -3.02. The van der Waals surface area contributed by atoms with E-state index in [-0.39, 0.29) is 17.6 Å². The zero-order valence-electron chi connectivity index (χ0n) is 15.1. The molecule has 7 nitrogen and oxygen atoms in total. The van der Waals surface area contributed by atoms with E-state index in [0.29, 0.717) is 31.6 Å². The second-order valence-electron chi connectivity index (χ2n) is 6.67. The number of carboxylic acids is 1. The van der Waals surface area contributed by atoms with Gasteiger partial charge in [0.05, 0.1) is 19.3 Å². The highest BCUT2D eigenvalue weighted by Gasteiger charge is 2.40. The number of hydrogen-bond acceptors (Lipinski definition) is 5. The van der Waals surface area contributed by atoms with E-state index < -0.39 is 17.8 Å². The Labute approximate surface area is 152 Å². The fourth-order valence-electron chi connectivity index (χ4n) is 2.75. The first-order valence-electron chi connectivity index (χ1n) is 8.69. The number of benzene rings is 1. The van der Waals surface area contributed by atoms with Gasteiger partial charge in [-0.1, -0.05) is 24.6 Å². The monoisotopic (exact) mass is 363 g/mol. The van der Waals surface area contributed by atoms with Crippen molar-refractivity contribution in [3.63, 3.8) is 0 Å². The lowest BCUT2D eigenvalue weighted by atomic mass is 9.98. The maximum atomic E-state index is 12.2. The fraction of sp³-hybridized carbons (Fsp3) is 0.526. The van der Waals surface area contributed by atoms with Crippen LogP contribution in [0, 0.1) is 5.92 Å². The molecule has 1 heterocycles. The van der Waals surface area contributed by atoms with Crippen LogP contribution < -0.4 is 5.32 Å². The highest BCUT2D eigenvalue weighted by molar-refractivity contribution is 5.97. The van der Waals surface area contributed by atoms with Crippen LogP contribution in [0.25, 0.3) is 0 Å². The molecule has 1 saturated heterocycles. The van der Waals surface area contributed by atoms with Crippen molar-refractivity contribution in [3.05, 3.63) is 35.9 Å². The minimum Gasteiger partial charge on any atom is -0.477 e. The predicted molar refractivity (Wildman–Crippen MR) is 93.7 cm³/mol. The summed E-state index contributed by atoms with van der Waals surface area (Å²) < 4.78 is 10.6. The Bertz CT molecular complexity index is 637. The van der Waals surface area contributed by atoms with Crippen molar-refractivity contribution in [2.75, 3.05) is 13.2 Å². The van der Waals surface area contributed by atoms with Gasteiger partial charge >= 0.3 is 5.97 Å². The van der Waals surface area contributed by atoms with Crippen LogP contribution in [0.1, 0.15) is 43.5 Å². The average Bonchev–Trinajstić information content (AvgIpc) is 2.63. The number of Topliss-reactive ketones (excluding diaryl/α,β-unsaturated/α-hetero) is 1. The molecule has 0 saturated carbocycles. The number of ether oxygens (including phenoxy) is 2. The number of amides is 1. The molecule has 1 aromatic rings. The van der Waals surface area contributed by atoms with Crippen LogP contribution in [0.2, 0.25) is 0 Å². The maximum absolute atomic E-state index is 12.2. The van der Waals surface area contributed by atoms with Crippen molar-refractivity contribution in [1.82, 2.24) is 5.32 Å². The lowest BCUT2D eigenvalue weighted by molar-refractivity contribution is -0.271. The van der Waals surface area contributed by atoms with E-state index in [1.54, 1.807) is 24.3 Å². The van der Waals surface area contributed by atoms with Crippen molar-refractivity contribution >= 4 is 17.7 Å². The van der Waals surface area contributed by atoms with Gasteiger partial charge in [-0.05, 0) is 31.9 Å². The van der Waals surface area contributed by atoms with E-state index in [1.165, 1.54) is 13.8 Å². The molecular weight excluding hydrogens is 338 g/mol. The first-order valence-corrected chi connectivity index (χ1v) is 8.69. The van der Waals surface area contributed by atoms with Crippen LogP contribution >= 0.6 is 0 Å². The Kier molecular flexibility index (Phi) is 6.88. The number of nitrogens with one attached hydrogen (secondary N) is 1. The van der Waals surface area contributed by atoms with E-state index in [0.717, 1.165) is 6.42 Å². The van der Waals surface area contributed by atoms with Gasteiger partial charge in [-0.3, -0.25) is 9.59 Å². The van der Waals surface area contributed by atoms with Crippen molar-refractivity contribution in [3.8, 4) is 0 Å². The first-order chi connectivity index (χ1) is 12.3. The second-order valence-corrected chi connectivity index (χ2v) is 6.67. The molecule has 0 aromatic heterocycles. The molecular formula is C19H25NO6. The molecule has 1 fully saturated rings. The van der Waals surface area contributed by atoms with Gasteiger partial charge < -0.3 is 19.9 Å². The number of carbonyl (C=O) groups is 3. The van der Waals surface area contributed by atoms with Crippen molar-refractivity contribution in [2.45, 2.75) is 44.9 Å². The van der Waals surface area contributed by atoms with E-state index in [2.05, 4.69) is 5.32 Å². The van der Waals surface area contributed by atoms with E-state index >= 15 is 0 Å². The minimum atomic E-state index is -1.58. The van der Waals surface area contributed by atoms with Crippen LogP contribution in [0.15, 0.2) is 30.3 Å². The highest BCUT2D eigenvalue weighted by Crippen LogP contribution is 2.24. The summed E-state index contributed by atoms with van der Waals surface area (Å²) in [6.07, 6.45) is 1.93. The molecule has 1 aliphatic rings. The molecule has 2 N–H and O–H groups in total. The molecule has 26 heavy (non-hydrogen) atoms. The maximum Gasteiger partial charge on any atom is 0.364 e. The first kappa shape index (κ1) is 20.1. The summed E-state index contributed by atoms with van der Waals surface area (Å²) >= 11 is 0. The van der Waals surface area contributed by atoms with Gasteiger partial charge in [-0.2, -0.15) is 0 Å². The van der Waals surface area contributed by atoms with Gasteiger partial charge in [-0.15, -0.1) is 0 Å². The zero-order valence-corrected chi connectivity index (χ0v) is 15.1. The van der Waals surface area contributed by atoms with Crippen molar-refractivity contribution in [1.29, 1.82) is 0 Å². The molecule has 1 atom stereocenters. The van der Waals surface area contributed by atoms with Crippen LogP contribution in [0.5, 0.6) is 0 Å². The van der Waals surface area contributed by atoms with Crippen LogP contribution in [0.3, 0.4) is 0 Å². The van der Waals surface area contributed by atoms with Crippen LogP contribution in [0.4, 0.5) is 0 Å². The number of hydrogen-bond donors (Lipinski definition) is 2. The third-order valence-electron chi connectivity index (χ3n) is 4.51. The Morgan fingerprint density at radius 2 is 1.85 bits per heavy atom. The molecule has 1 aliphatic heterocycles. The lowest BCUT2D eigenvalue weighted by Crippen LogP contribution is -2.47. The van der Waals surface area contributed by atoms with E-state index in [1.807, 2.05) is 6.07 Å². The number of carbonyl (C=O) groups excluding carboxylic acids is 2. The molecule has 1 amide bonds. The fourth-order valence-corrected chi connectivity index (χ4v) is 2.75.